The van der Waals surface area contributed by atoms with Crippen LogP contribution in [0.3, 0.4) is 0 Å². The Morgan fingerprint density at radius 2 is 1.74 bits per heavy atom. The molecule has 1 aliphatic carbocycles. The van der Waals surface area contributed by atoms with Crippen molar-refractivity contribution in [3.8, 4) is 5.69 Å². The van der Waals surface area contributed by atoms with Gasteiger partial charge in [0.1, 0.15) is 6.04 Å². The van der Waals surface area contributed by atoms with Gasteiger partial charge in [-0.1, -0.05) is 48.5 Å². The van der Waals surface area contributed by atoms with Gasteiger partial charge in [0, 0.05) is 18.2 Å². The molecule has 6 heteroatoms. The maximum atomic E-state index is 13.6. The number of aryl methyl sites for hydroxylation is 1. The van der Waals surface area contributed by atoms with Crippen LogP contribution in [0.15, 0.2) is 66.7 Å². The van der Waals surface area contributed by atoms with Crippen molar-refractivity contribution in [1.82, 2.24) is 14.7 Å². The van der Waals surface area contributed by atoms with E-state index < -0.39 is 6.04 Å². The summed E-state index contributed by atoms with van der Waals surface area (Å²) in [5, 5.41) is 4.58. The Balaban J connectivity index is 1.66. The lowest BCUT2D eigenvalue weighted by atomic mass is 10.0. The molecule has 31 heavy (non-hydrogen) atoms. The van der Waals surface area contributed by atoms with Crippen molar-refractivity contribution >= 4 is 11.9 Å². The highest BCUT2D eigenvalue weighted by Gasteiger charge is 2.42. The van der Waals surface area contributed by atoms with Crippen molar-refractivity contribution in [2.24, 2.45) is 0 Å². The molecule has 0 N–H and O–H groups in total. The zero-order valence-electron chi connectivity index (χ0n) is 17.9. The van der Waals surface area contributed by atoms with Gasteiger partial charge in [0.25, 0.3) is 5.91 Å². The van der Waals surface area contributed by atoms with Gasteiger partial charge in [0.2, 0.25) is 0 Å². The van der Waals surface area contributed by atoms with E-state index in [1.165, 1.54) is 0 Å². The highest BCUT2D eigenvalue weighted by molar-refractivity contribution is 5.96. The average molecular weight is 418 g/mol. The molecule has 0 aliphatic heterocycles. The normalized spacial score (nSPS) is 14.1. The second-order valence-corrected chi connectivity index (χ2v) is 7.82. The van der Waals surface area contributed by atoms with E-state index in [1.807, 2.05) is 67.6 Å². The maximum Gasteiger partial charge on any atom is 0.329 e. The molecule has 4 rings (SSSR count). The number of benzene rings is 2. The molecule has 1 aromatic heterocycles. The Bertz CT molecular complexity index is 1040. The van der Waals surface area contributed by atoms with E-state index in [-0.39, 0.29) is 24.5 Å². The molecule has 1 amide bonds. The van der Waals surface area contributed by atoms with Crippen LogP contribution in [0.25, 0.3) is 5.69 Å². The summed E-state index contributed by atoms with van der Waals surface area (Å²) in [6, 6.07) is 20.6. The summed E-state index contributed by atoms with van der Waals surface area (Å²) < 4.78 is 7.12. The van der Waals surface area contributed by atoms with Crippen LogP contribution >= 0.6 is 0 Å². The van der Waals surface area contributed by atoms with Gasteiger partial charge in [-0.05, 0) is 50.5 Å². The number of carbonyl (C=O) groups excluding carboxylic acids is 2. The molecule has 2 aromatic carbocycles. The Morgan fingerprint density at radius 3 is 2.35 bits per heavy atom. The Hall–Kier alpha value is -3.41. The second kappa shape index (κ2) is 9.16. The number of hydrogen-bond donors (Lipinski definition) is 0. The van der Waals surface area contributed by atoms with Gasteiger partial charge >= 0.3 is 5.97 Å². The molecule has 1 aliphatic rings. The van der Waals surface area contributed by atoms with Crippen LogP contribution in [0.2, 0.25) is 0 Å². The average Bonchev–Trinajstić information content (AvgIpc) is 3.55. The van der Waals surface area contributed by atoms with E-state index in [2.05, 4.69) is 5.10 Å². The first kappa shape index (κ1) is 20.8. The van der Waals surface area contributed by atoms with Crippen molar-refractivity contribution in [2.45, 2.75) is 45.2 Å². The van der Waals surface area contributed by atoms with Crippen LogP contribution in [-0.2, 0) is 16.0 Å². The molecule has 0 bridgehead atoms. The molecule has 3 aromatic rings. The molecule has 6 nitrogen and oxygen atoms in total. The number of esters is 1. The first-order chi connectivity index (χ1) is 15.1. The Kier molecular flexibility index (Phi) is 6.16. The van der Waals surface area contributed by atoms with Crippen LogP contribution in [0.1, 0.15) is 41.5 Å². The summed E-state index contributed by atoms with van der Waals surface area (Å²) in [5.74, 6) is -0.597. The van der Waals surface area contributed by atoms with E-state index in [9.17, 15) is 9.59 Å². The van der Waals surface area contributed by atoms with Crippen molar-refractivity contribution < 1.29 is 14.3 Å². The molecule has 1 fully saturated rings. The van der Waals surface area contributed by atoms with Crippen molar-refractivity contribution in [3.63, 3.8) is 0 Å². The summed E-state index contributed by atoms with van der Waals surface area (Å²) in [6.45, 7) is 3.98. The van der Waals surface area contributed by atoms with E-state index >= 15 is 0 Å². The van der Waals surface area contributed by atoms with Gasteiger partial charge in [-0.3, -0.25) is 4.79 Å². The standard InChI is InChI=1S/C25H27N3O3/c1-3-31-25(30)23(17-19-10-6-4-7-11-19)27(20-14-15-20)24(29)22-16-18(2)28(26-22)21-12-8-5-9-13-21/h4-13,16,20,23H,3,14-15,17H2,1-2H3. The molecule has 0 radical (unpaired) electrons. The number of para-hydroxylation sites is 1. The second-order valence-electron chi connectivity index (χ2n) is 7.82. The fraction of sp³-hybridized carbons (Fsp3) is 0.320. The van der Waals surface area contributed by atoms with Crippen LogP contribution in [0, 0.1) is 6.92 Å². The van der Waals surface area contributed by atoms with Gasteiger partial charge in [-0.25, -0.2) is 9.48 Å². The third kappa shape index (κ3) is 4.68. The predicted molar refractivity (Wildman–Crippen MR) is 118 cm³/mol. The lowest BCUT2D eigenvalue weighted by molar-refractivity contribution is -0.148. The first-order valence-electron chi connectivity index (χ1n) is 10.7. The highest BCUT2D eigenvalue weighted by Crippen LogP contribution is 2.32. The molecule has 1 heterocycles. The minimum atomic E-state index is -0.676. The zero-order chi connectivity index (χ0) is 21.8. The van der Waals surface area contributed by atoms with E-state index in [0.717, 1.165) is 29.8 Å². The quantitative estimate of drug-likeness (QED) is 0.521. The largest absolute Gasteiger partial charge is 0.464 e. The van der Waals surface area contributed by atoms with Gasteiger partial charge in [0.15, 0.2) is 5.69 Å². The number of hydrogen-bond acceptors (Lipinski definition) is 4. The molecule has 0 spiro atoms. The summed E-state index contributed by atoms with van der Waals surface area (Å²) in [4.78, 5) is 28.2. The van der Waals surface area contributed by atoms with E-state index in [0.29, 0.717) is 12.1 Å². The molecule has 160 valence electrons. The SMILES string of the molecule is CCOC(=O)C(Cc1ccccc1)N(C(=O)c1cc(C)n(-c2ccccc2)n1)C1CC1. The van der Waals surface area contributed by atoms with Crippen LogP contribution in [0.5, 0.6) is 0 Å². The number of rotatable bonds is 8. The third-order valence-electron chi connectivity index (χ3n) is 5.45. The zero-order valence-corrected chi connectivity index (χ0v) is 17.9. The lowest BCUT2D eigenvalue weighted by Gasteiger charge is -2.30. The number of amides is 1. The van der Waals surface area contributed by atoms with Crippen molar-refractivity contribution in [2.75, 3.05) is 6.61 Å². The molecule has 1 unspecified atom stereocenters. The molecule has 1 saturated carbocycles. The van der Waals surface area contributed by atoms with Gasteiger partial charge in [-0.2, -0.15) is 5.10 Å². The smallest absolute Gasteiger partial charge is 0.329 e. The van der Waals surface area contributed by atoms with Gasteiger partial charge in [-0.15, -0.1) is 0 Å². The summed E-state index contributed by atoms with van der Waals surface area (Å²) in [6.07, 6.45) is 2.18. The molecular formula is C25H27N3O3. The number of nitrogens with zero attached hydrogens (tertiary/aromatic N) is 3. The summed E-state index contributed by atoms with van der Waals surface area (Å²) in [5.41, 5.74) is 3.09. The van der Waals surface area contributed by atoms with Crippen LogP contribution in [0.4, 0.5) is 0 Å². The number of aromatic nitrogens is 2. The van der Waals surface area contributed by atoms with Crippen LogP contribution < -0.4 is 0 Å². The van der Waals surface area contributed by atoms with Gasteiger partial charge < -0.3 is 9.64 Å². The van der Waals surface area contributed by atoms with E-state index in [4.69, 9.17) is 4.74 Å². The first-order valence-corrected chi connectivity index (χ1v) is 10.7. The molecular weight excluding hydrogens is 390 g/mol. The fourth-order valence-electron chi connectivity index (χ4n) is 3.83. The van der Waals surface area contributed by atoms with Crippen molar-refractivity contribution in [3.05, 3.63) is 83.7 Å². The minimum absolute atomic E-state index is 0.0350. The third-order valence-corrected chi connectivity index (χ3v) is 5.45. The topological polar surface area (TPSA) is 64.4 Å². The van der Waals surface area contributed by atoms with Gasteiger partial charge in [0.05, 0.1) is 12.3 Å². The molecule has 0 saturated heterocycles. The number of ether oxygens (including phenoxy) is 1. The van der Waals surface area contributed by atoms with E-state index in [1.54, 1.807) is 22.6 Å². The van der Waals surface area contributed by atoms with Crippen LogP contribution in [-0.4, -0.2) is 45.2 Å². The Labute approximate surface area is 182 Å². The predicted octanol–water partition coefficient (Wildman–Crippen LogP) is 3.96. The minimum Gasteiger partial charge on any atom is -0.464 e. The highest BCUT2D eigenvalue weighted by atomic mass is 16.5. The monoisotopic (exact) mass is 417 g/mol. The maximum absolute atomic E-state index is 13.6. The summed E-state index contributed by atoms with van der Waals surface area (Å²) >= 11 is 0. The molecule has 1 atom stereocenters. The summed E-state index contributed by atoms with van der Waals surface area (Å²) in [7, 11) is 0. The van der Waals surface area contributed by atoms with Crippen molar-refractivity contribution in [1.29, 1.82) is 0 Å². The lowest BCUT2D eigenvalue weighted by Crippen LogP contribution is -2.48. The number of carbonyl (C=O) groups is 2. The fourth-order valence-corrected chi connectivity index (χ4v) is 3.83. The Morgan fingerprint density at radius 1 is 1.10 bits per heavy atom.